The molecule has 4 heteroatoms. The summed E-state index contributed by atoms with van der Waals surface area (Å²) in [5.41, 5.74) is 10.0. The second kappa shape index (κ2) is 10.7. The zero-order valence-corrected chi connectivity index (χ0v) is 24.8. The minimum absolute atomic E-state index is 0.714. The quantitative estimate of drug-likeness (QED) is 0.152. The van der Waals surface area contributed by atoms with E-state index in [1.807, 2.05) is 54.7 Å². The van der Waals surface area contributed by atoms with Gasteiger partial charge >= 0.3 is 0 Å². The SMILES string of the molecule is c1ccc(-c2cc(-c3ccc4cc(-c5c6ccccc6nc6c5ccc5cccnc56)ccc4c3)nc(-c3ccccc3)n2)cc1. The van der Waals surface area contributed by atoms with E-state index in [-0.39, 0.29) is 0 Å². The molecule has 0 amide bonds. The van der Waals surface area contributed by atoms with Gasteiger partial charge in [0.15, 0.2) is 5.82 Å². The van der Waals surface area contributed by atoms with Crippen LogP contribution >= 0.6 is 0 Å². The lowest BCUT2D eigenvalue weighted by molar-refractivity contribution is 1.18. The number of nitrogens with zero attached hydrogens (tertiary/aromatic N) is 4. The Kier molecular flexibility index (Phi) is 6.10. The van der Waals surface area contributed by atoms with Gasteiger partial charge in [0, 0.05) is 44.6 Å². The van der Waals surface area contributed by atoms with Gasteiger partial charge < -0.3 is 0 Å². The molecule has 0 radical (unpaired) electrons. The number of pyridine rings is 2. The van der Waals surface area contributed by atoms with Gasteiger partial charge in [-0.15, -0.1) is 0 Å². The van der Waals surface area contributed by atoms with Crippen molar-refractivity contribution in [2.45, 2.75) is 0 Å². The fourth-order valence-electron chi connectivity index (χ4n) is 6.43. The van der Waals surface area contributed by atoms with Crippen LogP contribution in [0.5, 0.6) is 0 Å². The molecule has 0 N–H and O–H groups in total. The fourth-order valence-corrected chi connectivity index (χ4v) is 6.43. The highest BCUT2D eigenvalue weighted by atomic mass is 14.9. The summed E-state index contributed by atoms with van der Waals surface area (Å²) in [5, 5.41) is 5.63. The van der Waals surface area contributed by atoms with E-state index in [1.165, 1.54) is 5.56 Å². The number of hydrogen-bond donors (Lipinski definition) is 0. The molecule has 3 aromatic heterocycles. The van der Waals surface area contributed by atoms with Crippen LogP contribution < -0.4 is 0 Å². The Labute approximate surface area is 265 Å². The van der Waals surface area contributed by atoms with Crippen molar-refractivity contribution < 1.29 is 0 Å². The fraction of sp³-hybridized carbons (Fsp3) is 0. The Morgan fingerprint density at radius 3 is 1.83 bits per heavy atom. The molecule has 46 heavy (non-hydrogen) atoms. The molecular weight excluding hydrogens is 560 g/mol. The lowest BCUT2D eigenvalue weighted by Gasteiger charge is -2.14. The maximum Gasteiger partial charge on any atom is 0.160 e. The van der Waals surface area contributed by atoms with E-state index in [1.54, 1.807) is 0 Å². The number of rotatable bonds is 4. The molecule has 4 nitrogen and oxygen atoms in total. The van der Waals surface area contributed by atoms with Gasteiger partial charge in [0.1, 0.15) is 0 Å². The monoisotopic (exact) mass is 586 g/mol. The average Bonchev–Trinajstić information content (AvgIpc) is 3.14. The predicted molar refractivity (Wildman–Crippen MR) is 189 cm³/mol. The summed E-state index contributed by atoms with van der Waals surface area (Å²) in [6.07, 6.45) is 1.84. The molecule has 0 bridgehead atoms. The number of fused-ring (bicyclic) bond motifs is 5. The first-order valence-corrected chi connectivity index (χ1v) is 15.4. The zero-order chi connectivity index (χ0) is 30.5. The number of para-hydroxylation sites is 1. The molecule has 0 atom stereocenters. The minimum atomic E-state index is 0.714. The molecule has 0 saturated heterocycles. The highest BCUT2D eigenvalue weighted by molar-refractivity contribution is 6.16. The molecule has 0 aliphatic rings. The van der Waals surface area contributed by atoms with Crippen molar-refractivity contribution in [3.8, 4) is 45.0 Å². The van der Waals surface area contributed by atoms with E-state index >= 15 is 0 Å². The summed E-state index contributed by atoms with van der Waals surface area (Å²) in [4.78, 5) is 19.8. The van der Waals surface area contributed by atoms with Crippen molar-refractivity contribution >= 4 is 43.5 Å². The summed E-state index contributed by atoms with van der Waals surface area (Å²) in [6.45, 7) is 0. The first kappa shape index (κ1) is 26.2. The van der Waals surface area contributed by atoms with Gasteiger partial charge in [0.05, 0.1) is 27.9 Å². The van der Waals surface area contributed by atoms with E-state index in [4.69, 9.17) is 19.9 Å². The van der Waals surface area contributed by atoms with Crippen LogP contribution in [0.3, 0.4) is 0 Å². The Balaban J connectivity index is 1.20. The minimum Gasteiger partial charge on any atom is -0.254 e. The van der Waals surface area contributed by atoms with Gasteiger partial charge in [-0.25, -0.2) is 15.0 Å². The largest absolute Gasteiger partial charge is 0.254 e. The molecule has 0 aliphatic carbocycles. The molecule has 9 aromatic rings. The van der Waals surface area contributed by atoms with Crippen LogP contribution in [0.1, 0.15) is 0 Å². The molecule has 6 aromatic carbocycles. The van der Waals surface area contributed by atoms with E-state index in [0.29, 0.717) is 5.82 Å². The Hall–Kier alpha value is -6.26. The third-order valence-corrected chi connectivity index (χ3v) is 8.68. The van der Waals surface area contributed by atoms with E-state index < -0.39 is 0 Å². The average molecular weight is 587 g/mol. The van der Waals surface area contributed by atoms with Crippen molar-refractivity contribution in [1.29, 1.82) is 0 Å². The van der Waals surface area contributed by atoms with E-state index in [9.17, 15) is 0 Å². The van der Waals surface area contributed by atoms with Gasteiger partial charge in [0.25, 0.3) is 0 Å². The highest BCUT2D eigenvalue weighted by Gasteiger charge is 2.15. The summed E-state index contributed by atoms with van der Waals surface area (Å²) in [6, 6.07) is 52.6. The number of benzene rings is 6. The molecule has 9 rings (SSSR count). The number of aromatic nitrogens is 4. The normalized spacial score (nSPS) is 11.5. The van der Waals surface area contributed by atoms with Crippen molar-refractivity contribution in [1.82, 2.24) is 19.9 Å². The Bertz CT molecular complexity index is 2520. The number of hydrogen-bond acceptors (Lipinski definition) is 4. The predicted octanol–water partition coefficient (Wildman–Crippen LogP) is 10.5. The van der Waals surface area contributed by atoms with Crippen molar-refractivity contribution in [2.24, 2.45) is 0 Å². The second-order valence-electron chi connectivity index (χ2n) is 11.5. The maximum absolute atomic E-state index is 5.08. The van der Waals surface area contributed by atoms with Gasteiger partial charge in [-0.05, 0) is 46.7 Å². The van der Waals surface area contributed by atoms with Crippen LogP contribution in [0, 0.1) is 0 Å². The van der Waals surface area contributed by atoms with Gasteiger partial charge in [-0.2, -0.15) is 0 Å². The third-order valence-electron chi connectivity index (χ3n) is 8.68. The van der Waals surface area contributed by atoms with Crippen LogP contribution in [0.15, 0.2) is 158 Å². The van der Waals surface area contributed by atoms with Gasteiger partial charge in [-0.1, -0.05) is 121 Å². The summed E-state index contributed by atoms with van der Waals surface area (Å²) in [5.74, 6) is 0.714. The molecule has 0 fully saturated rings. The van der Waals surface area contributed by atoms with Crippen molar-refractivity contribution in [3.05, 3.63) is 158 Å². The summed E-state index contributed by atoms with van der Waals surface area (Å²) in [7, 11) is 0. The first-order chi connectivity index (χ1) is 22.8. The zero-order valence-electron chi connectivity index (χ0n) is 24.8. The van der Waals surface area contributed by atoms with Gasteiger partial charge in [-0.3, -0.25) is 4.98 Å². The smallest absolute Gasteiger partial charge is 0.160 e. The van der Waals surface area contributed by atoms with Crippen LogP contribution in [0.25, 0.3) is 88.5 Å². The molecule has 0 aliphatic heterocycles. The van der Waals surface area contributed by atoms with Crippen LogP contribution in [0.4, 0.5) is 0 Å². The maximum atomic E-state index is 5.08. The highest BCUT2D eigenvalue weighted by Crippen LogP contribution is 2.39. The van der Waals surface area contributed by atoms with E-state index in [0.717, 1.165) is 77.1 Å². The molecule has 214 valence electrons. The lowest BCUT2D eigenvalue weighted by Crippen LogP contribution is -1.96. The third kappa shape index (κ3) is 4.47. The lowest BCUT2D eigenvalue weighted by atomic mass is 9.93. The molecular formula is C42H26N4. The summed E-state index contributed by atoms with van der Waals surface area (Å²) >= 11 is 0. The Morgan fingerprint density at radius 2 is 1.02 bits per heavy atom. The van der Waals surface area contributed by atoms with Crippen molar-refractivity contribution in [2.75, 3.05) is 0 Å². The molecule has 3 heterocycles. The van der Waals surface area contributed by atoms with E-state index in [2.05, 4.69) is 103 Å². The molecule has 0 spiro atoms. The second-order valence-corrected chi connectivity index (χ2v) is 11.5. The molecule has 0 saturated carbocycles. The van der Waals surface area contributed by atoms with Gasteiger partial charge in [0.2, 0.25) is 0 Å². The standard InChI is InChI=1S/C42H26N4/c1-3-10-27(11-4-1)37-26-38(46-42(45-37)29-12-5-2-6-13-29)32-19-17-31-25-33(20-18-30(31)24-32)39-34-15-7-8-16-36(34)44-41-35(39)22-21-28-14-9-23-43-40(28)41/h1-26H. The molecule has 0 unspecified atom stereocenters. The first-order valence-electron chi connectivity index (χ1n) is 15.4. The van der Waals surface area contributed by atoms with Crippen LogP contribution in [-0.2, 0) is 0 Å². The Morgan fingerprint density at radius 1 is 0.370 bits per heavy atom. The van der Waals surface area contributed by atoms with Crippen LogP contribution in [0.2, 0.25) is 0 Å². The summed E-state index contributed by atoms with van der Waals surface area (Å²) < 4.78 is 0. The topological polar surface area (TPSA) is 51.6 Å². The van der Waals surface area contributed by atoms with Crippen LogP contribution in [-0.4, -0.2) is 19.9 Å². The van der Waals surface area contributed by atoms with Crippen molar-refractivity contribution in [3.63, 3.8) is 0 Å².